The number of hydrogen-bond acceptors (Lipinski definition) is 3. The van der Waals surface area contributed by atoms with E-state index >= 15 is 0 Å². The summed E-state index contributed by atoms with van der Waals surface area (Å²) in [5, 5.41) is 4.37. The molecular weight excluding hydrogens is 465 g/mol. The number of para-hydroxylation sites is 3. The van der Waals surface area contributed by atoms with Crippen LogP contribution in [0.5, 0.6) is 0 Å². The quantitative estimate of drug-likeness (QED) is 0.323. The Kier molecular flexibility index (Phi) is 6.35. The highest BCUT2D eigenvalue weighted by molar-refractivity contribution is 5.83. The van der Waals surface area contributed by atoms with Crippen molar-refractivity contribution in [3.63, 3.8) is 0 Å². The predicted octanol–water partition coefficient (Wildman–Crippen LogP) is 5.28. The molecule has 1 aliphatic rings. The summed E-state index contributed by atoms with van der Waals surface area (Å²) in [6.07, 6.45) is 4.42. The van der Waals surface area contributed by atoms with Gasteiger partial charge in [0.2, 0.25) is 11.9 Å². The van der Waals surface area contributed by atoms with Crippen molar-refractivity contribution >= 4 is 33.8 Å². The van der Waals surface area contributed by atoms with Crippen molar-refractivity contribution in [3.05, 3.63) is 95.9 Å². The van der Waals surface area contributed by atoms with Crippen LogP contribution >= 0.6 is 0 Å². The first-order chi connectivity index (χ1) is 18.2. The van der Waals surface area contributed by atoms with Gasteiger partial charge in [0.1, 0.15) is 5.82 Å². The fourth-order valence-corrected chi connectivity index (χ4v) is 5.38. The van der Waals surface area contributed by atoms with Crippen LogP contribution in [-0.4, -0.2) is 40.1 Å². The van der Waals surface area contributed by atoms with E-state index in [2.05, 4.69) is 38.0 Å². The highest BCUT2D eigenvalue weighted by Crippen LogP contribution is 2.28. The number of H-pyrrole nitrogens is 1. The Morgan fingerprint density at radius 2 is 1.76 bits per heavy atom. The van der Waals surface area contributed by atoms with Crippen LogP contribution in [0, 0.1) is 11.7 Å². The number of nitrogens with zero attached hydrogens (tertiary/aromatic N) is 3. The SMILES string of the molecule is O=C(NCCc1c[nH]c2ccccc12)C1CCN(c2nc3ccccc3n2Cc2ccc(F)cc2)CC1. The molecule has 3 heterocycles. The highest BCUT2D eigenvalue weighted by Gasteiger charge is 2.27. The van der Waals surface area contributed by atoms with E-state index in [1.807, 2.05) is 48.7 Å². The third-order valence-electron chi connectivity index (χ3n) is 7.41. The van der Waals surface area contributed by atoms with Crippen molar-refractivity contribution in [2.75, 3.05) is 24.5 Å². The molecule has 3 aromatic carbocycles. The van der Waals surface area contributed by atoms with Crippen molar-refractivity contribution < 1.29 is 9.18 Å². The van der Waals surface area contributed by atoms with Crippen molar-refractivity contribution in [1.82, 2.24) is 19.9 Å². The average Bonchev–Trinajstić information content (AvgIpc) is 3.52. The largest absolute Gasteiger partial charge is 0.361 e. The lowest BCUT2D eigenvalue weighted by atomic mass is 9.96. The minimum absolute atomic E-state index is 0.00847. The number of fused-ring (bicyclic) bond motifs is 2. The number of piperidine rings is 1. The molecule has 1 saturated heterocycles. The molecule has 2 N–H and O–H groups in total. The average molecular weight is 496 g/mol. The molecule has 2 aromatic heterocycles. The van der Waals surface area contributed by atoms with Crippen molar-refractivity contribution in [2.45, 2.75) is 25.8 Å². The molecule has 7 heteroatoms. The van der Waals surface area contributed by atoms with Gasteiger partial charge in [-0.3, -0.25) is 4.79 Å². The van der Waals surface area contributed by atoms with Gasteiger partial charge in [-0.2, -0.15) is 0 Å². The number of carbonyl (C=O) groups is 1. The summed E-state index contributed by atoms with van der Waals surface area (Å²) in [6, 6.07) is 23.0. The lowest BCUT2D eigenvalue weighted by molar-refractivity contribution is -0.125. The Morgan fingerprint density at radius 1 is 1.00 bits per heavy atom. The van der Waals surface area contributed by atoms with Crippen molar-refractivity contribution in [3.8, 4) is 0 Å². The number of anilines is 1. The van der Waals surface area contributed by atoms with Gasteiger partial charge >= 0.3 is 0 Å². The standard InChI is InChI=1S/C30H30FN5O/c31-24-11-9-21(10-12-24)20-36-28-8-4-3-7-27(28)34-30(36)35-17-14-22(15-18-35)29(37)32-16-13-23-19-33-26-6-2-1-5-25(23)26/h1-12,19,22,33H,13-18,20H2,(H,32,37). The molecule has 0 aliphatic carbocycles. The zero-order valence-corrected chi connectivity index (χ0v) is 20.7. The Balaban J connectivity index is 1.10. The Labute approximate surface area is 215 Å². The maximum atomic E-state index is 13.4. The fraction of sp³-hybridized carbons (Fsp3) is 0.267. The minimum Gasteiger partial charge on any atom is -0.361 e. The van der Waals surface area contributed by atoms with Gasteiger partial charge in [0.05, 0.1) is 17.6 Å². The third-order valence-corrected chi connectivity index (χ3v) is 7.41. The number of hydrogen-bond donors (Lipinski definition) is 2. The molecule has 6 rings (SSSR count). The molecule has 1 aliphatic heterocycles. The number of carbonyl (C=O) groups excluding carboxylic acids is 1. The zero-order valence-electron chi connectivity index (χ0n) is 20.7. The second-order valence-electron chi connectivity index (χ2n) is 9.77. The van der Waals surface area contributed by atoms with Gasteiger partial charge in [-0.15, -0.1) is 0 Å². The lowest BCUT2D eigenvalue weighted by Crippen LogP contribution is -2.42. The van der Waals surface area contributed by atoms with Gasteiger partial charge in [0, 0.05) is 42.7 Å². The molecule has 0 saturated carbocycles. The summed E-state index contributed by atoms with van der Waals surface area (Å²) in [6.45, 7) is 2.79. The minimum atomic E-state index is -0.235. The summed E-state index contributed by atoms with van der Waals surface area (Å²) >= 11 is 0. The van der Waals surface area contributed by atoms with E-state index < -0.39 is 0 Å². The first kappa shape index (κ1) is 23.3. The van der Waals surface area contributed by atoms with Crippen LogP contribution in [0.25, 0.3) is 21.9 Å². The van der Waals surface area contributed by atoms with E-state index in [4.69, 9.17) is 4.98 Å². The number of amides is 1. The molecule has 1 fully saturated rings. The molecule has 188 valence electrons. The molecule has 5 aromatic rings. The molecule has 6 nitrogen and oxygen atoms in total. The summed E-state index contributed by atoms with van der Waals surface area (Å²) in [4.78, 5) is 23.4. The van der Waals surface area contributed by atoms with Crippen LogP contribution in [0.2, 0.25) is 0 Å². The molecular formula is C30H30FN5O. The van der Waals surface area contributed by atoms with E-state index in [1.165, 1.54) is 23.1 Å². The van der Waals surface area contributed by atoms with Gasteiger partial charge in [-0.1, -0.05) is 42.5 Å². The maximum Gasteiger partial charge on any atom is 0.223 e. The van der Waals surface area contributed by atoms with Gasteiger partial charge in [0.15, 0.2) is 0 Å². The molecule has 37 heavy (non-hydrogen) atoms. The molecule has 0 spiro atoms. The van der Waals surface area contributed by atoms with Gasteiger partial charge in [-0.25, -0.2) is 9.37 Å². The van der Waals surface area contributed by atoms with E-state index in [-0.39, 0.29) is 17.6 Å². The lowest BCUT2D eigenvalue weighted by Gasteiger charge is -2.32. The van der Waals surface area contributed by atoms with E-state index in [0.29, 0.717) is 13.1 Å². The number of aromatic nitrogens is 3. The Morgan fingerprint density at radius 3 is 2.59 bits per heavy atom. The summed E-state index contributed by atoms with van der Waals surface area (Å²) < 4.78 is 15.6. The van der Waals surface area contributed by atoms with Crippen molar-refractivity contribution in [1.29, 1.82) is 0 Å². The maximum absolute atomic E-state index is 13.4. The predicted molar refractivity (Wildman–Crippen MR) is 145 cm³/mol. The van der Waals surface area contributed by atoms with Gasteiger partial charge < -0.3 is 19.8 Å². The second kappa shape index (κ2) is 10.1. The Bertz CT molecular complexity index is 1530. The number of halogens is 1. The number of nitrogens with one attached hydrogen (secondary N) is 2. The molecule has 0 bridgehead atoms. The van der Waals surface area contributed by atoms with Crippen LogP contribution < -0.4 is 10.2 Å². The smallest absolute Gasteiger partial charge is 0.223 e. The van der Waals surface area contributed by atoms with Crippen LogP contribution in [-0.2, 0) is 17.8 Å². The molecule has 0 atom stereocenters. The zero-order chi connectivity index (χ0) is 25.2. The van der Waals surface area contributed by atoms with Crippen LogP contribution in [0.3, 0.4) is 0 Å². The summed E-state index contributed by atoms with van der Waals surface area (Å²) in [7, 11) is 0. The molecule has 1 amide bonds. The topological polar surface area (TPSA) is 66.0 Å². The number of imidazole rings is 1. The van der Waals surface area contributed by atoms with E-state index in [1.54, 1.807) is 0 Å². The van der Waals surface area contributed by atoms with Crippen molar-refractivity contribution in [2.24, 2.45) is 5.92 Å². The monoisotopic (exact) mass is 495 g/mol. The van der Waals surface area contributed by atoms with E-state index in [0.717, 1.165) is 60.4 Å². The highest BCUT2D eigenvalue weighted by atomic mass is 19.1. The first-order valence-corrected chi connectivity index (χ1v) is 12.9. The summed E-state index contributed by atoms with van der Waals surface area (Å²) in [5.74, 6) is 0.818. The third kappa shape index (κ3) is 4.81. The molecule has 0 unspecified atom stereocenters. The Hall–Kier alpha value is -4.13. The van der Waals surface area contributed by atoms with Crippen LogP contribution in [0.15, 0.2) is 79.0 Å². The van der Waals surface area contributed by atoms with Crippen LogP contribution in [0.4, 0.5) is 10.3 Å². The number of aromatic amines is 1. The number of rotatable bonds is 7. The normalized spacial score (nSPS) is 14.5. The second-order valence-corrected chi connectivity index (χ2v) is 9.77. The fourth-order valence-electron chi connectivity index (χ4n) is 5.38. The van der Waals surface area contributed by atoms with Gasteiger partial charge in [-0.05, 0) is 60.7 Å². The van der Waals surface area contributed by atoms with E-state index in [9.17, 15) is 9.18 Å². The molecule has 0 radical (unpaired) electrons. The first-order valence-electron chi connectivity index (χ1n) is 12.9. The number of benzene rings is 3. The van der Waals surface area contributed by atoms with Gasteiger partial charge in [0.25, 0.3) is 0 Å². The van der Waals surface area contributed by atoms with Crippen LogP contribution in [0.1, 0.15) is 24.0 Å². The summed E-state index contributed by atoms with van der Waals surface area (Å²) in [5.41, 5.74) is 5.37.